The monoisotopic (exact) mass is 200 g/mol. The van der Waals surface area contributed by atoms with Crippen LogP contribution in [0.2, 0.25) is 0 Å². The van der Waals surface area contributed by atoms with Crippen molar-refractivity contribution in [3.05, 3.63) is 0 Å². The third-order valence-electron chi connectivity index (χ3n) is 3.31. The van der Waals surface area contributed by atoms with Gasteiger partial charge >= 0.3 is 0 Å². The molecule has 1 aliphatic carbocycles. The molecule has 82 valence electrons. The molecule has 0 aromatic heterocycles. The number of hydrogen-bond acceptors (Lipinski definition) is 4. The van der Waals surface area contributed by atoms with E-state index in [0.717, 1.165) is 26.3 Å². The summed E-state index contributed by atoms with van der Waals surface area (Å²) in [6, 6.07) is 0.296. The van der Waals surface area contributed by atoms with Crippen LogP contribution in [0.4, 0.5) is 0 Å². The van der Waals surface area contributed by atoms with Gasteiger partial charge in [-0.1, -0.05) is 0 Å². The summed E-state index contributed by atoms with van der Waals surface area (Å²) in [6.07, 6.45) is 2.48. The van der Waals surface area contributed by atoms with Gasteiger partial charge < -0.3 is 15.6 Å². The van der Waals surface area contributed by atoms with E-state index in [2.05, 4.69) is 4.90 Å². The van der Waals surface area contributed by atoms with E-state index in [9.17, 15) is 5.11 Å². The lowest BCUT2D eigenvalue weighted by Crippen LogP contribution is -2.54. The van der Waals surface area contributed by atoms with Crippen molar-refractivity contribution in [3.8, 4) is 0 Å². The first-order valence-corrected chi connectivity index (χ1v) is 5.51. The van der Waals surface area contributed by atoms with E-state index in [4.69, 9.17) is 10.5 Å². The van der Waals surface area contributed by atoms with E-state index in [1.54, 1.807) is 0 Å². The molecule has 1 heterocycles. The molecule has 2 fully saturated rings. The minimum absolute atomic E-state index is 0.145. The van der Waals surface area contributed by atoms with Crippen LogP contribution >= 0.6 is 0 Å². The maximum atomic E-state index is 9.36. The Morgan fingerprint density at radius 2 is 2.00 bits per heavy atom. The van der Waals surface area contributed by atoms with Crippen LogP contribution in [-0.2, 0) is 4.74 Å². The third-order valence-corrected chi connectivity index (χ3v) is 3.31. The molecule has 0 bridgehead atoms. The summed E-state index contributed by atoms with van der Waals surface area (Å²) in [5.41, 5.74) is 6.12. The van der Waals surface area contributed by atoms with Crippen LogP contribution in [0.1, 0.15) is 12.8 Å². The van der Waals surface area contributed by atoms with E-state index in [1.807, 2.05) is 0 Å². The standard InChI is InChI=1S/C10H20N2O2/c11-10(8-1-2-8)9(7-13)12-3-5-14-6-4-12/h8-10,13H,1-7,11H2. The molecule has 0 amide bonds. The summed E-state index contributed by atoms with van der Waals surface area (Å²) in [5.74, 6) is 0.648. The molecule has 0 aromatic carbocycles. The van der Waals surface area contributed by atoms with Crippen molar-refractivity contribution in [1.29, 1.82) is 0 Å². The van der Waals surface area contributed by atoms with Crippen molar-refractivity contribution in [2.24, 2.45) is 11.7 Å². The van der Waals surface area contributed by atoms with Gasteiger partial charge in [0.05, 0.1) is 19.8 Å². The zero-order valence-electron chi connectivity index (χ0n) is 8.56. The van der Waals surface area contributed by atoms with Crippen molar-refractivity contribution >= 4 is 0 Å². The van der Waals surface area contributed by atoms with Gasteiger partial charge in [-0.2, -0.15) is 0 Å². The first-order chi connectivity index (χ1) is 6.83. The van der Waals surface area contributed by atoms with Crippen molar-refractivity contribution in [2.45, 2.75) is 24.9 Å². The lowest BCUT2D eigenvalue weighted by molar-refractivity contribution is -0.00525. The highest BCUT2D eigenvalue weighted by atomic mass is 16.5. The largest absolute Gasteiger partial charge is 0.395 e. The number of morpholine rings is 1. The molecule has 4 heteroatoms. The van der Waals surface area contributed by atoms with Crippen LogP contribution in [-0.4, -0.2) is 55.0 Å². The number of aliphatic hydroxyl groups is 1. The molecule has 0 radical (unpaired) electrons. The van der Waals surface area contributed by atoms with Crippen molar-refractivity contribution < 1.29 is 9.84 Å². The maximum absolute atomic E-state index is 9.36. The molecule has 1 aliphatic heterocycles. The summed E-state index contributed by atoms with van der Waals surface area (Å²) in [4.78, 5) is 2.27. The predicted octanol–water partition coefficient (Wildman–Crippen LogP) is -0.583. The van der Waals surface area contributed by atoms with E-state index in [0.29, 0.717) is 5.92 Å². The average molecular weight is 200 g/mol. The number of ether oxygens (including phenoxy) is 1. The van der Waals surface area contributed by atoms with Crippen LogP contribution in [0.15, 0.2) is 0 Å². The lowest BCUT2D eigenvalue weighted by Gasteiger charge is -2.36. The maximum Gasteiger partial charge on any atom is 0.0602 e. The fourth-order valence-corrected chi connectivity index (χ4v) is 2.19. The molecule has 2 unspecified atom stereocenters. The summed E-state index contributed by atoms with van der Waals surface area (Å²) in [6.45, 7) is 3.54. The highest BCUT2D eigenvalue weighted by Crippen LogP contribution is 2.34. The lowest BCUT2D eigenvalue weighted by atomic mass is 10.0. The minimum atomic E-state index is 0.145. The molecule has 14 heavy (non-hydrogen) atoms. The zero-order chi connectivity index (χ0) is 9.97. The molecule has 1 saturated heterocycles. The quantitative estimate of drug-likeness (QED) is 0.637. The SMILES string of the molecule is NC(C1CC1)C(CO)N1CCOCC1. The van der Waals surface area contributed by atoms with E-state index < -0.39 is 0 Å². The molecular weight excluding hydrogens is 180 g/mol. The second kappa shape index (κ2) is 4.57. The fraction of sp³-hybridized carbons (Fsp3) is 1.00. The van der Waals surface area contributed by atoms with Crippen LogP contribution in [0, 0.1) is 5.92 Å². The normalized spacial score (nSPS) is 28.7. The van der Waals surface area contributed by atoms with Gasteiger partial charge in [0, 0.05) is 25.2 Å². The topological polar surface area (TPSA) is 58.7 Å². The van der Waals surface area contributed by atoms with Crippen molar-refractivity contribution in [3.63, 3.8) is 0 Å². The summed E-state index contributed by atoms with van der Waals surface area (Å²) >= 11 is 0. The van der Waals surface area contributed by atoms with Crippen molar-refractivity contribution in [2.75, 3.05) is 32.9 Å². The first kappa shape index (κ1) is 10.4. The highest BCUT2D eigenvalue weighted by molar-refractivity contribution is 4.93. The van der Waals surface area contributed by atoms with Crippen LogP contribution < -0.4 is 5.73 Å². The van der Waals surface area contributed by atoms with Gasteiger partial charge in [0.1, 0.15) is 0 Å². The Kier molecular flexibility index (Phi) is 3.38. The van der Waals surface area contributed by atoms with Crippen molar-refractivity contribution in [1.82, 2.24) is 4.90 Å². The Bertz CT molecular complexity index is 179. The van der Waals surface area contributed by atoms with Gasteiger partial charge in [-0.3, -0.25) is 4.90 Å². The Hall–Kier alpha value is -0.160. The number of nitrogens with two attached hydrogens (primary N) is 1. The van der Waals surface area contributed by atoms with E-state index in [1.165, 1.54) is 12.8 Å². The van der Waals surface area contributed by atoms with Gasteiger partial charge in [0.15, 0.2) is 0 Å². The number of nitrogens with zero attached hydrogens (tertiary/aromatic N) is 1. The molecule has 2 atom stereocenters. The van der Waals surface area contributed by atoms with Gasteiger partial charge in [-0.15, -0.1) is 0 Å². The summed E-state index contributed by atoms with van der Waals surface area (Å²) in [7, 11) is 0. The molecule has 0 spiro atoms. The van der Waals surface area contributed by atoms with E-state index >= 15 is 0 Å². The minimum Gasteiger partial charge on any atom is -0.395 e. The predicted molar refractivity (Wildman–Crippen MR) is 54.0 cm³/mol. The molecule has 2 aliphatic rings. The molecule has 1 saturated carbocycles. The molecule has 3 N–H and O–H groups in total. The van der Waals surface area contributed by atoms with Gasteiger partial charge in [0.25, 0.3) is 0 Å². The second-order valence-corrected chi connectivity index (χ2v) is 4.31. The Morgan fingerprint density at radius 1 is 1.36 bits per heavy atom. The smallest absolute Gasteiger partial charge is 0.0602 e. The molecular formula is C10H20N2O2. The van der Waals surface area contributed by atoms with Gasteiger partial charge in [0.2, 0.25) is 0 Å². The van der Waals surface area contributed by atoms with Gasteiger partial charge in [-0.25, -0.2) is 0 Å². The van der Waals surface area contributed by atoms with Crippen LogP contribution in [0.3, 0.4) is 0 Å². The number of rotatable bonds is 4. The second-order valence-electron chi connectivity index (χ2n) is 4.31. The first-order valence-electron chi connectivity index (χ1n) is 5.51. The highest BCUT2D eigenvalue weighted by Gasteiger charge is 2.36. The Morgan fingerprint density at radius 3 is 2.50 bits per heavy atom. The molecule has 2 rings (SSSR count). The molecule has 0 aromatic rings. The van der Waals surface area contributed by atoms with Gasteiger partial charge in [-0.05, 0) is 18.8 Å². The summed E-state index contributed by atoms with van der Waals surface area (Å²) in [5, 5.41) is 9.36. The molecule has 4 nitrogen and oxygen atoms in total. The third kappa shape index (κ3) is 2.25. The number of aliphatic hydroxyl groups excluding tert-OH is 1. The number of hydrogen-bond donors (Lipinski definition) is 2. The Labute approximate surface area is 85.0 Å². The van der Waals surface area contributed by atoms with E-state index in [-0.39, 0.29) is 18.7 Å². The summed E-state index contributed by atoms with van der Waals surface area (Å²) < 4.78 is 5.29. The van der Waals surface area contributed by atoms with Crippen LogP contribution in [0.25, 0.3) is 0 Å². The Balaban J connectivity index is 1.89. The van der Waals surface area contributed by atoms with Crippen LogP contribution in [0.5, 0.6) is 0 Å². The average Bonchev–Trinajstić information content (AvgIpc) is 3.03. The fourth-order valence-electron chi connectivity index (χ4n) is 2.19. The zero-order valence-corrected chi connectivity index (χ0v) is 8.56.